The number of aryl methyl sites for hydroxylation is 1. The third kappa shape index (κ3) is 3.20. The van der Waals surface area contributed by atoms with E-state index in [4.69, 9.17) is 0 Å². The molecule has 110 valence electrons. The van der Waals surface area contributed by atoms with Crippen LogP contribution in [0.15, 0.2) is 58.4 Å². The van der Waals surface area contributed by atoms with Gasteiger partial charge in [-0.25, -0.2) is 4.99 Å². The lowest BCUT2D eigenvalue weighted by Gasteiger charge is -1.98. The van der Waals surface area contributed by atoms with E-state index in [0.29, 0.717) is 15.6 Å². The monoisotopic (exact) mass is 310 g/mol. The summed E-state index contributed by atoms with van der Waals surface area (Å²) in [5, 5.41) is 13.0. The first kappa shape index (κ1) is 14.4. The molecular formula is C17H14N2O2S. The van der Waals surface area contributed by atoms with Gasteiger partial charge in [-0.05, 0) is 48.5 Å². The minimum Gasteiger partial charge on any atom is -0.507 e. The van der Waals surface area contributed by atoms with Crippen LogP contribution in [0.25, 0.3) is 6.08 Å². The summed E-state index contributed by atoms with van der Waals surface area (Å²) in [7, 11) is 0. The number of carbonyl (C=O) groups excluding carboxylic acids is 1. The summed E-state index contributed by atoms with van der Waals surface area (Å²) in [5.74, 6) is -0.0628. The molecule has 2 N–H and O–H groups in total. The number of hydrogen-bond acceptors (Lipinski definition) is 4. The van der Waals surface area contributed by atoms with Crippen LogP contribution in [-0.4, -0.2) is 16.2 Å². The number of phenols is 1. The molecule has 1 aliphatic heterocycles. The number of carbonyl (C=O) groups is 1. The zero-order valence-corrected chi connectivity index (χ0v) is 12.7. The third-order valence-corrected chi connectivity index (χ3v) is 4.02. The molecule has 0 spiro atoms. The van der Waals surface area contributed by atoms with Crippen molar-refractivity contribution < 1.29 is 9.90 Å². The Hall–Kier alpha value is -2.53. The van der Waals surface area contributed by atoms with Crippen molar-refractivity contribution in [3.8, 4) is 5.75 Å². The van der Waals surface area contributed by atoms with Crippen LogP contribution in [-0.2, 0) is 4.79 Å². The number of benzene rings is 2. The first-order valence-electron chi connectivity index (χ1n) is 6.76. The summed E-state index contributed by atoms with van der Waals surface area (Å²) in [6.07, 6.45) is 1.66. The van der Waals surface area contributed by atoms with Gasteiger partial charge in [0, 0.05) is 5.56 Å². The van der Waals surface area contributed by atoms with E-state index in [9.17, 15) is 9.90 Å². The van der Waals surface area contributed by atoms with Gasteiger partial charge in [-0.2, -0.15) is 0 Å². The zero-order chi connectivity index (χ0) is 15.5. The van der Waals surface area contributed by atoms with Gasteiger partial charge in [0.2, 0.25) is 0 Å². The Morgan fingerprint density at radius 1 is 1.18 bits per heavy atom. The van der Waals surface area contributed by atoms with Crippen molar-refractivity contribution in [2.24, 2.45) is 4.99 Å². The third-order valence-electron chi connectivity index (χ3n) is 3.11. The number of aliphatic imine (C=N–C) groups is 1. The number of aromatic hydroxyl groups is 1. The van der Waals surface area contributed by atoms with Crippen molar-refractivity contribution >= 4 is 34.6 Å². The second-order valence-electron chi connectivity index (χ2n) is 4.88. The number of hydrogen-bond donors (Lipinski definition) is 2. The zero-order valence-electron chi connectivity index (χ0n) is 11.9. The van der Waals surface area contributed by atoms with E-state index in [1.54, 1.807) is 24.3 Å². The van der Waals surface area contributed by atoms with Crippen molar-refractivity contribution in [3.05, 3.63) is 64.6 Å². The maximum Gasteiger partial charge on any atom is 0.264 e. The Labute approximate surface area is 132 Å². The number of para-hydroxylation sites is 1. The van der Waals surface area contributed by atoms with Crippen LogP contribution in [0.4, 0.5) is 5.69 Å². The lowest BCUT2D eigenvalue weighted by molar-refractivity contribution is -0.115. The number of nitrogens with one attached hydrogen (secondary N) is 1. The normalized spacial score (nSPS) is 18.0. The second-order valence-corrected chi connectivity index (χ2v) is 5.91. The molecule has 5 heteroatoms. The van der Waals surface area contributed by atoms with Gasteiger partial charge in [0.15, 0.2) is 5.17 Å². The van der Waals surface area contributed by atoms with Crippen LogP contribution in [0.5, 0.6) is 5.75 Å². The van der Waals surface area contributed by atoms with Crippen molar-refractivity contribution in [1.82, 2.24) is 5.32 Å². The molecule has 0 saturated carbocycles. The Morgan fingerprint density at radius 2 is 2.00 bits per heavy atom. The van der Waals surface area contributed by atoms with Gasteiger partial charge >= 0.3 is 0 Å². The molecule has 0 aliphatic carbocycles. The fourth-order valence-corrected chi connectivity index (χ4v) is 2.88. The smallest absolute Gasteiger partial charge is 0.264 e. The Morgan fingerprint density at radius 3 is 2.77 bits per heavy atom. The minimum atomic E-state index is -0.209. The van der Waals surface area contributed by atoms with Crippen molar-refractivity contribution in [2.45, 2.75) is 6.92 Å². The topological polar surface area (TPSA) is 61.7 Å². The first-order valence-corrected chi connectivity index (χ1v) is 7.58. The number of thioether (sulfide) groups is 1. The molecule has 0 radical (unpaired) electrons. The predicted octanol–water partition coefficient (Wildman–Crippen LogP) is 3.59. The van der Waals surface area contributed by atoms with Gasteiger partial charge in [0.1, 0.15) is 5.75 Å². The lowest BCUT2D eigenvalue weighted by atomic mass is 10.2. The fourth-order valence-electron chi connectivity index (χ4n) is 2.05. The molecule has 3 rings (SSSR count). The maximum atomic E-state index is 12.0. The molecule has 0 bridgehead atoms. The molecule has 0 unspecified atom stereocenters. The average molecular weight is 310 g/mol. The molecule has 1 aliphatic rings. The summed E-state index contributed by atoms with van der Waals surface area (Å²) in [5.41, 5.74) is 2.52. The molecule has 22 heavy (non-hydrogen) atoms. The van der Waals surface area contributed by atoms with E-state index >= 15 is 0 Å². The van der Waals surface area contributed by atoms with E-state index in [1.165, 1.54) is 11.8 Å². The molecule has 1 amide bonds. The quantitative estimate of drug-likeness (QED) is 0.833. The van der Waals surface area contributed by atoms with E-state index in [1.807, 2.05) is 37.3 Å². The number of nitrogens with zero attached hydrogens (tertiary/aromatic N) is 1. The summed E-state index contributed by atoms with van der Waals surface area (Å²) >= 11 is 1.26. The number of amides is 1. The second kappa shape index (κ2) is 6.07. The molecule has 1 fully saturated rings. The van der Waals surface area contributed by atoms with Crippen LogP contribution in [0, 0.1) is 6.92 Å². The lowest BCUT2D eigenvalue weighted by Crippen LogP contribution is -2.19. The highest BCUT2D eigenvalue weighted by Crippen LogP contribution is 2.30. The van der Waals surface area contributed by atoms with Crippen molar-refractivity contribution in [1.29, 1.82) is 0 Å². The molecule has 0 aromatic heterocycles. The summed E-state index contributed by atoms with van der Waals surface area (Å²) in [4.78, 5) is 16.9. The summed E-state index contributed by atoms with van der Waals surface area (Å²) < 4.78 is 0. The van der Waals surface area contributed by atoms with E-state index in [2.05, 4.69) is 10.3 Å². The SMILES string of the molecule is Cc1cccc(N=C2NC(=O)C(=Cc3ccccc3O)S2)c1. The van der Waals surface area contributed by atoms with Crippen LogP contribution in [0.1, 0.15) is 11.1 Å². The largest absolute Gasteiger partial charge is 0.507 e. The number of rotatable bonds is 2. The van der Waals surface area contributed by atoms with Crippen LogP contribution >= 0.6 is 11.8 Å². The molecule has 1 heterocycles. The van der Waals surface area contributed by atoms with Gasteiger partial charge in [0.05, 0.1) is 10.6 Å². The maximum absolute atomic E-state index is 12.0. The summed E-state index contributed by atoms with van der Waals surface area (Å²) in [6.45, 7) is 1.99. The Kier molecular flexibility index (Phi) is 3.98. The van der Waals surface area contributed by atoms with Crippen molar-refractivity contribution in [3.63, 3.8) is 0 Å². The highest BCUT2D eigenvalue weighted by Gasteiger charge is 2.24. The molecule has 2 aromatic carbocycles. The highest BCUT2D eigenvalue weighted by molar-refractivity contribution is 8.18. The molecule has 4 nitrogen and oxygen atoms in total. The van der Waals surface area contributed by atoms with Crippen LogP contribution in [0.2, 0.25) is 0 Å². The standard InChI is InChI=1S/C17H14N2O2S/c1-11-5-4-7-13(9-11)18-17-19-16(21)15(22-17)10-12-6-2-3-8-14(12)20/h2-10,20H,1H3,(H,18,19,21). The molecule has 2 aromatic rings. The van der Waals surface area contributed by atoms with Crippen LogP contribution < -0.4 is 5.32 Å². The van der Waals surface area contributed by atoms with E-state index in [0.717, 1.165) is 11.3 Å². The number of amidine groups is 1. The highest BCUT2D eigenvalue weighted by atomic mass is 32.2. The Balaban J connectivity index is 1.86. The minimum absolute atomic E-state index is 0.146. The van der Waals surface area contributed by atoms with Gasteiger partial charge in [-0.15, -0.1) is 0 Å². The first-order chi connectivity index (χ1) is 10.6. The van der Waals surface area contributed by atoms with Crippen LogP contribution in [0.3, 0.4) is 0 Å². The Bertz CT molecular complexity index is 797. The van der Waals surface area contributed by atoms with E-state index in [-0.39, 0.29) is 11.7 Å². The number of phenolic OH excluding ortho intramolecular Hbond substituents is 1. The summed E-state index contributed by atoms with van der Waals surface area (Å²) in [6, 6.07) is 14.6. The van der Waals surface area contributed by atoms with Gasteiger partial charge < -0.3 is 10.4 Å². The molecule has 0 atom stereocenters. The average Bonchev–Trinajstić information content (AvgIpc) is 2.81. The predicted molar refractivity (Wildman–Crippen MR) is 90.1 cm³/mol. The van der Waals surface area contributed by atoms with Crippen molar-refractivity contribution in [2.75, 3.05) is 0 Å². The van der Waals surface area contributed by atoms with Gasteiger partial charge in [-0.3, -0.25) is 4.79 Å². The molecule has 1 saturated heterocycles. The van der Waals surface area contributed by atoms with Gasteiger partial charge in [0.25, 0.3) is 5.91 Å². The fraction of sp³-hybridized carbons (Fsp3) is 0.0588. The van der Waals surface area contributed by atoms with Gasteiger partial charge in [-0.1, -0.05) is 30.3 Å². The van der Waals surface area contributed by atoms with E-state index < -0.39 is 0 Å². The molecular weight excluding hydrogens is 296 g/mol.